The second-order valence-corrected chi connectivity index (χ2v) is 9.91. The molecule has 4 heterocycles. The molecule has 186 valence electrons. The topological polar surface area (TPSA) is 104 Å². The van der Waals surface area contributed by atoms with Crippen molar-refractivity contribution < 1.29 is 19.1 Å². The van der Waals surface area contributed by atoms with Crippen LogP contribution in [0, 0.1) is 0 Å². The van der Waals surface area contributed by atoms with E-state index in [0.29, 0.717) is 52.0 Å². The van der Waals surface area contributed by atoms with Gasteiger partial charge in [0.05, 0.1) is 22.4 Å². The van der Waals surface area contributed by atoms with E-state index >= 15 is 0 Å². The molecule has 4 aromatic rings. The summed E-state index contributed by atoms with van der Waals surface area (Å²) in [6, 6.07) is 18.0. The van der Waals surface area contributed by atoms with Crippen molar-refractivity contribution in [2.45, 2.75) is 19.4 Å². The molecule has 9 nitrogen and oxygen atoms in total. The molecule has 0 aliphatic carbocycles. The average molecular weight is 514 g/mol. The number of aromatic nitrogens is 1. The molecule has 0 radical (unpaired) electrons. The minimum atomic E-state index is -0.368. The minimum absolute atomic E-state index is 0.00504. The van der Waals surface area contributed by atoms with Gasteiger partial charge < -0.3 is 20.3 Å². The first-order valence-corrected chi connectivity index (χ1v) is 12.7. The molecular weight excluding hydrogens is 490 g/mol. The van der Waals surface area contributed by atoms with Gasteiger partial charge in [-0.25, -0.2) is 9.78 Å². The van der Waals surface area contributed by atoms with Crippen LogP contribution in [0.25, 0.3) is 10.2 Å². The van der Waals surface area contributed by atoms with Gasteiger partial charge in [0.15, 0.2) is 0 Å². The number of nitrogens with one attached hydrogen (secondary N) is 2. The van der Waals surface area contributed by atoms with Gasteiger partial charge in [-0.2, -0.15) is 0 Å². The van der Waals surface area contributed by atoms with Crippen molar-refractivity contribution >= 4 is 56.5 Å². The van der Waals surface area contributed by atoms with E-state index in [4.69, 9.17) is 4.74 Å². The maximum absolute atomic E-state index is 13.3. The summed E-state index contributed by atoms with van der Waals surface area (Å²) in [5.41, 5.74) is 1.77. The summed E-state index contributed by atoms with van der Waals surface area (Å²) in [7, 11) is 0. The van der Waals surface area contributed by atoms with Gasteiger partial charge in [-0.1, -0.05) is 18.2 Å². The maximum atomic E-state index is 13.3. The zero-order chi connectivity index (χ0) is 25.5. The SMILES string of the molecule is CC(=O)N1CC[C@@H](NC(=O)c2sc3nccc4c3c2NC(=O)N4c2ccc(Oc3ccccc3)cc2)C1. The number of carbonyl (C=O) groups is 3. The van der Waals surface area contributed by atoms with Crippen LogP contribution in [-0.2, 0) is 4.79 Å². The number of likely N-dealkylation sites (tertiary alicyclic amines) is 1. The molecule has 2 aliphatic heterocycles. The number of thiophene rings is 1. The minimum Gasteiger partial charge on any atom is -0.457 e. The highest BCUT2D eigenvalue weighted by atomic mass is 32.1. The number of hydrogen-bond donors (Lipinski definition) is 2. The van der Waals surface area contributed by atoms with Crippen molar-refractivity contribution in [1.29, 1.82) is 0 Å². The van der Waals surface area contributed by atoms with Crippen molar-refractivity contribution in [3.8, 4) is 11.5 Å². The molecule has 1 atom stereocenters. The number of rotatable bonds is 5. The molecule has 4 amide bonds. The predicted octanol–water partition coefficient (Wildman–Crippen LogP) is 5.12. The number of benzene rings is 2. The van der Waals surface area contributed by atoms with E-state index < -0.39 is 0 Å². The summed E-state index contributed by atoms with van der Waals surface area (Å²) >= 11 is 1.24. The Kier molecular flexibility index (Phi) is 5.72. The van der Waals surface area contributed by atoms with Crippen LogP contribution in [0.15, 0.2) is 66.9 Å². The van der Waals surface area contributed by atoms with E-state index in [1.165, 1.54) is 18.3 Å². The normalized spacial score (nSPS) is 16.6. The highest BCUT2D eigenvalue weighted by molar-refractivity contribution is 7.21. The monoisotopic (exact) mass is 513 g/mol. The van der Waals surface area contributed by atoms with E-state index in [2.05, 4.69) is 15.6 Å². The highest BCUT2D eigenvalue weighted by Crippen LogP contribution is 2.45. The summed E-state index contributed by atoms with van der Waals surface area (Å²) < 4.78 is 5.87. The van der Waals surface area contributed by atoms with Gasteiger partial charge in [0.2, 0.25) is 5.91 Å². The summed E-state index contributed by atoms with van der Waals surface area (Å²) in [6.07, 6.45) is 2.33. The van der Waals surface area contributed by atoms with Crippen molar-refractivity contribution in [3.05, 3.63) is 71.7 Å². The van der Waals surface area contributed by atoms with Crippen molar-refractivity contribution in [1.82, 2.24) is 15.2 Å². The number of anilines is 3. The summed E-state index contributed by atoms with van der Waals surface area (Å²) in [5.74, 6) is 1.09. The summed E-state index contributed by atoms with van der Waals surface area (Å²) in [6.45, 7) is 2.62. The lowest BCUT2D eigenvalue weighted by Gasteiger charge is -2.28. The largest absolute Gasteiger partial charge is 0.457 e. The van der Waals surface area contributed by atoms with Gasteiger partial charge in [-0.3, -0.25) is 14.5 Å². The van der Waals surface area contributed by atoms with Crippen molar-refractivity contribution in [3.63, 3.8) is 0 Å². The molecule has 10 heteroatoms. The molecular formula is C27H23N5O4S. The van der Waals surface area contributed by atoms with Gasteiger partial charge in [-0.05, 0) is 48.9 Å². The Morgan fingerprint density at radius 2 is 1.84 bits per heavy atom. The fourth-order valence-electron chi connectivity index (χ4n) is 4.70. The molecule has 1 fully saturated rings. The van der Waals surface area contributed by atoms with Crippen molar-refractivity contribution in [2.75, 3.05) is 23.3 Å². The van der Waals surface area contributed by atoms with Crippen LogP contribution in [0.4, 0.5) is 21.9 Å². The van der Waals surface area contributed by atoms with Crippen LogP contribution in [0.5, 0.6) is 11.5 Å². The van der Waals surface area contributed by atoms with Gasteiger partial charge in [0.25, 0.3) is 5.91 Å². The Bertz CT molecular complexity index is 1520. The molecule has 37 heavy (non-hydrogen) atoms. The summed E-state index contributed by atoms with van der Waals surface area (Å²) in [5, 5.41) is 6.64. The van der Waals surface area contributed by atoms with E-state index in [-0.39, 0.29) is 23.9 Å². The lowest BCUT2D eigenvalue weighted by Crippen LogP contribution is -2.38. The van der Waals surface area contributed by atoms with E-state index in [1.807, 2.05) is 54.6 Å². The third-order valence-corrected chi connectivity index (χ3v) is 7.59. The zero-order valence-electron chi connectivity index (χ0n) is 19.9. The smallest absolute Gasteiger partial charge is 0.331 e. The van der Waals surface area contributed by atoms with E-state index in [0.717, 1.165) is 11.1 Å². The summed E-state index contributed by atoms with van der Waals surface area (Å²) in [4.78, 5) is 46.9. The molecule has 0 unspecified atom stereocenters. The molecule has 6 rings (SSSR count). The standard InChI is InChI=1S/C27H23N5O4S/c1-16(33)31-14-12-17(15-31)29-25(34)24-23-22-21(11-13-28-26(22)37-24)32(27(35)30-23)18-7-9-20(10-8-18)36-19-5-3-2-4-6-19/h2-11,13,17H,12,14-15H2,1H3,(H,29,34)(H,30,35)/t17-/m1/s1. The Balaban J connectivity index is 1.28. The number of para-hydroxylation sites is 1. The van der Waals surface area contributed by atoms with Gasteiger partial charge in [-0.15, -0.1) is 11.3 Å². The number of carbonyl (C=O) groups excluding carboxylic acids is 3. The van der Waals surface area contributed by atoms with Crippen molar-refractivity contribution in [2.24, 2.45) is 0 Å². The third-order valence-electron chi connectivity index (χ3n) is 6.49. The Morgan fingerprint density at radius 3 is 2.57 bits per heavy atom. The Hall–Kier alpha value is -4.44. The second-order valence-electron chi connectivity index (χ2n) is 8.92. The Morgan fingerprint density at radius 1 is 1.08 bits per heavy atom. The average Bonchev–Trinajstić information content (AvgIpc) is 3.51. The third kappa shape index (κ3) is 4.25. The molecule has 2 N–H and O–H groups in total. The molecule has 2 aliphatic rings. The molecule has 0 spiro atoms. The van der Waals surface area contributed by atoms with Crippen LogP contribution >= 0.6 is 11.3 Å². The second kappa shape index (κ2) is 9.21. The molecule has 2 aromatic carbocycles. The van der Waals surface area contributed by atoms with Gasteiger partial charge >= 0.3 is 6.03 Å². The number of pyridine rings is 1. The number of urea groups is 1. The molecule has 0 saturated carbocycles. The first-order chi connectivity index (χ1) is 18.0. The van der Waals surface area contributed by atoms with Gasteiger partial charge in [0.1, 0.15) is 21.2 Å². The Labute approximate surface area is 216 Å². The number of ether oxygens (including phenoxy) is 1. The van der Waals surface area contributed by atoms with Crippen LogP contribution in [-0.4, -0.2) is 46.9 Å². The highest BCUT2D eigenvalue weighted by Gasteiger charge is 2.34. The van der Waals surface area contributed by atoms with Crippen LogP contribution in [0.2, 0.25) is 0 Å². The van der Waals surface area contributed by atoms with Crippen LogP contribution < -0.4 is 20.3 Å². The van der Waals surface area contributed by atoms with E-state index in [9.17, 15) is 14.4 Å². The fourth-order valence-corrected chi connectivity index (χ4v) is 5.73. The number of hydrogen-bond acceptors (Lipinski definition) is 6. The predicted molar refractivity (Wildman–Crippen MR) is 142 cm³/mol. The lowest BCUT2D eigenvalue weighted by atomic mass is 10.1. The quantitative estimate of drug-likeness (QED) is 0.385. The lowest BCUT2D eigenvalue weighted by molar-refractivity contribution is -0.127. The first kappa shape index (κ1) is 23.0. The fraction of sp³-hybridized carbons (Fsp3) is 0.185. The molecule has 0 bridgehead atoms. The van der Waals surface area contributed by atoms with Gasteiger partial charge in [0, 0.05) is 32.3 Å². The molecule has 2 aromatic heterocycles. The maximum Gasteiger partial charge on any atom is 0.331 e. The van der Waals surface area contributed by atoms with Crippen LogP contribution in [0.1, 0.15) is 23.0 Å². The first-order valence-electron chi connectivity index (χ1n) is 11.9. The molecule has 1 saturated heterocycles. The zero-order valence-corrected chi connectivity index (χ0v) is 20.7. The number of amides is 4. The van der Waals surface area contributed by atoms with E-state index in [1.54, 1.807) is 22.1 Å². The number of nitrogens with zero attached hydrogens (tertiary/aromatic N) is 3. The van der Waals surface area contributed by atoms with Crippen LogP contribution in [0.3, 0.4) is 0 Å².